The Balaban J connectivity index is 2.03. The average Bonchev–Trinajstić information content (AvgIpc) is 3.01. The van der Waals surface area contributed by atoms with Crippen molar-refractivity contribution in [3.05, 3.63) is 55.2 Å². The summed E-state index contributed by atoms with van der Waals surface area (Å²) in [5.41, 5.74) is 1.74. The van der Waals surface area contributed by atoms with Crippen LogP contribution in [-0.4, -0.2) is 6.54 Å². The Morgan fingerprint density at radius 3 is 2.76 bits per heavy atom. The summed E-state index contributed by atoms with van der Waals surface area (Å²) in [5, 5.41) is 3.28. The minimum absolute atomic E-state index is 0.160. The van der Waals surface area contributed by atoms with Crippen LogP contribution in [0, 0.1) is 11.6 Å². The van der Waals surface area contributed by atoms with Crippen LogP contribution in [0.3, 0.4) is 0 Å². The first-order valence-electron chi connectivity index (χ1n) is 7.09. The van der Waals surface area contributed by atoms with Gasteiger partial charge in [-0.25, -0.2) is 8.78 Å². The molecule has 5 heteroatoms. The first-order valence-corrected chi connectivity index (χ1v) is 8.70. The van der Waals surface area contributed by atoms with E-state index in [1.54, 1.807) is 11.3 Å². The molecule has 0 spiro atoms. The summed E-state index contributed by atoms with van der Waals surface area (Å²) in [5.74, 6) is -0.818. The molecule has 1 heterocycles. The number of thiophene rings is 1. The number of halogens is 3. The lowest BCUT2D eigenvalue weighted by Gasteiger charge is -2.18. The molecule has 1 aromatic heterocycles. The van der Waals surface area contributed by atoms with Crippen molar-refractivity contribution >= 4 is 27.3 Å². The molecule has 0 saturated carbocycles. The molecule has 1 N–H and O–H groups in total. The molecule has 112 valence electrons. The number of aryl methyl sites for hydroxylation is 2. The Labute approximate surface area is 135 Å². The third-order valence-electron chi connectivity index (χ3n) is 3.81. The largest absolute Gasteiger partial charge is 0.306 e. The summed E-state index contributed by atoms with van der Waals surface area (Å²) in [7, 11) is 0. The van der Waals surface area contributed by atoms with E-state index < -0.39 is 5.82 Å². The smallest absolute Gasteiger partial charge is 0.137 e. The lowest BCUT2D eigenvalue weighted by atomic mass is 10.0. The van der Waals surface area contributed by atoms with E-state index in [0.29, 0.717) is 12.1 Å². The van der Waals surface area contributed by atoms with Crippen molar-refractivity contribution in [1.82, 2.24) is 5.32 Å². The maximum atomic E-state index is 14.3. The van der Waals surface area contributed by atoms with Crippen LogP contribution in [-0.2, 0) is 12.8 Å². The van der Waals surface area contributed by atoms with Gasteiger partial charge in [0.25, 0.3) is 0 Å². The molecule has 1 unspecified atom stereocenters. The van der Waals surface area contributed by atoms with Gasteiger partial charge in [-0.1, -0.05) is 6.92 Å². The number of hydrogen-bond donors (Lipinski definition) is 1. The predicted molar refractivity (Wildman–Crippen MR) is 85.9 cm³/mol. The minimum atomic E-state index is -0.432. The fourth-order valence-electron chi connectivity index (χ4n) is 2.82. The molecule has 21 heavy (non-hydrogen) atoms. The highest BCUT2D eigenvalue weighted by Crippen LogP contribution is 2.37. The topological polar surface area (TPSA) is 12.0 Å². The molecule has 0 amide bonds. The molecule has 1 atom stereocenters. The maximum Gasteiger partial charge on any atom is 0.137 e. The lowest BCUT2D eigenvalue weighted by Crippen LogP contribution is -2.22. The predicted octanol–water partition coefficient (Wildman–Crippen LogP) is 4.98. The zero-order valence-corrected chi connectivity index (χ0v) is 14.1. The van der Waals surface area contributed by atoms with Crippen LogP contribution in [0.1, 0.15) is 40.3 Å². The fourth-order valence-corrected chi connectivity index (χ4v) is 4.49. The monoisotopic (exact) mass is 371 g/mol. The van der Waals surface area contributed by atoms with Crippen LogP contribution in [0.15, 0.2) is 22.7 Å². The fraction of sp³-hybridized carbons (Fsp3) is 0.375. The first-order chi connectivity index (χ1) is 10.1. The van der Waals surface area contributed by atoms with Crippen LogP contribution in [0.25, 0.3) is 0 Å². The van der Waals surface area contributed by atoms with Crippen molar-refractivity contribution in [2.24, 2.45) is 0 Å². The molecule has 0 saturated heterocycles. The Morgan fingerprint density at radius 2 is 2.05 bits per heavy atom. The molecule has 2 aromatic rings. The van der Waals surface area contributed by atoms with E-state index in [1.165, 1.54) is 29.0 Å². The molecule has 3 rings (SSSR count). The van der Waals surface area contributed by atoms with E-state index in [1.807, 2.05) is 6.92 Å². The second-order valence-electron chi connectivity index (χ2n) is 5.23. The Kier molecular flexibility index (Phi) is 4.43. The molecule has 0 aliphatic heterocycles. The van der Waals surface area contributed by atoms with E-state index >= 15 is 0 Å². The second kappa shape index (κ2) is 6.15. The Morgan fingerprint density at radius 1 is 1.24 bits per heavy atom. The molecular formula is C16H16BrF2NS. The van der Waals surface area contributed by atoms with Gasteiger partial charge in [-0.2, -0.15) is 0 Å². The summed E-state index contributed by atoms with van der Waals surface area (Å²) < 4.78 is 28.2. The Hall–Kier alpha value is -0.780. The number of rotatable bonds is 4. The van der Waals surface area contributed by atoms with Crippen molar-refractivity contribution in [1.29, 1.82) is 0 Å². The van der Waals surface area contributed by atoms with Gasteiger partial charge >= 0.3 is 0 Å². The van der Waals surface area contributed by atoms with Gasteiger partial charge in [0.05, 0.1) is 10.5 Å². The molecular weight excluding hydrogens is 356 g/mol. The van der Waals surface area contributed by atoms with E-state index in [9.17, 15) is 8.78 Å². The number of fused-ring (bicyclic) bond motifs is 1. The number of benzene rings is 1. The zero-order chi connectivity index (χ0) is 15.0. The van der Waals surface area contributed by atoms with Gasteiger partial charge in [-0.05, 0) is 65.5 Å². The van der Waals surface area contributed by atoms with Crippen molar-refractivity contribution < 1.29 is 8.78 Å². The summed E-state index contributed by atoms with van der Waals surface area (Å²) in [6.45, 7) is 2.67. The number of nitrogens with one attached hydrogen (secondary N) is 1. The first kappa shape index (κ1) is 15.1. The zero-order valence-electron chi connectivity index (χ0n) is 11.7. The van der Waals surface area contributed by atoms with Crippen molar-refractivity contribution in [2.45, 2.75) is 32.2 Å². The van der Waals surface area contributed by atoms with Crippen molar-refractivity contribution in [2.75, 3.05) is 6.54 Å². The lowest BCUT2D eigenvalue weighted by molar-refractivity contribution is 0.545. The number of hydrogen-bond acceptors (Lipinski definition) is 2. The summed E-state index contributed by atoms with van der Waals surface area (Å²) >= 11 is 4.75. The quantitative estimate of drug-likeness (QED) is 0.747. The summed E-state index contributed by atoms with van der Waals surface area (Å²) in [4.78, 5) is 2.47. The van der Waals surface area contributed by atoms with Crippen LogP contribution in [0.4, 0.5) is 8.78 Å². The average molecular weight is 372 g/mol. The standard InChI is InChI=1S/C16H16BrF2NS/c1-2-20-16(10-7-13(19)11(17)8-12(10)18)15-6-9-4-3-5-14(9)21-15/h6-8,16,20H,2-5H2,1H3. The molecule has 0 bridgehead atoms. The van der Waals surface area contributed by atoms with Gasteiger partial charge in [0.1, 0.15) is 11.6 Å². The van der Waals surface area contributed by atoms with Gasteiger partial charge in [0.15, 0.2) is 0 Å². The minimum Gasteiger partial charge on any atom is -0.306 e. The van der Waals surface area contributed by atoms with Crippen molar-refractivity contribution in [3.63, 3.8) is 0 Å². The van der Waals surface area contributed by atoms with Crippen molar-refractivity contribution in [3.8, 4) is 0 Å². The second-order valence-corrected chi connectivity index (χ2v) is 7.25. The highest BCUT2D eigenvalue weighted by atomic mass is 79.9. The highest BCUT2D eigenvalue weighted by Gasteiger charge is 2.24. The van der Waals surface area contributed by atoms with Gasteiger partial charge in [-0.3, -0.25) is 0 Å². The molecule has 1 aliphatic carbocycles. The normalized spacial score (nSPS) is 15.2. The maximum absolute atomic E-state index is 14.3. The molecule has 0 fully saturated rings. The highest BCUT2D eigenvalue weighted by molar-refractivity contribution is 9.10. The van der Waals surface area contributed by atoms with Crippen LogP contribution in [0.5, 0.6) is 0 Å². The van der Waals surface area contributed by atoms with Crippen LogP contribution in [0.2, 0.25) is 0 Å². The summed E-state index contributed by atoms with van der Waals surface area (Å²) in [6.07, 6.45) is 3.41. The van der Waals surface area contributed by atoms with E-state index in [-0.39, 0.29) is 16.3 Å². The molecule has 1 aromatic carbocycles. The SMILES string of the molecule is CCNC(c1cc2c(s1)CCC2)c1cc(F)c(Br)cc1F. The third kappa shape index (κ3) is 2.91. The Bertz CT molecular complexity index is 647. The van der Waals surface area contributed by atoms with Gasteiger partial charge in [-0.15, -0.1) is 11.3 Å². The molecule has 1 nitrogen and oxygen atoms in total. The van der Waals surface area contributed by atoms with Gasteiger partial charge in [0.2, 0.25) is 0 Å². The van der Waals surface area contributed by atoms with E-state index in [0.717, 1.165) is 17.7 Å². The van der Waals surface area contributed by atoms with Gasteiger partial charge < -0.3 is 5.32 Å². The third-order valence-corrected chi connectivity index (χ3v) is 5.72. The van der Waals surface area contributed by atoms with E-state index in [2.05, 4.69) is 27.3 Å². The molecule has 0 radical (unpaired) electrons. The summed E-state index contributed by atoms with van der Waals surface area (Å²) in [6, 6.07) is 4.36. The van der Waals surface area contributed by atoms with Gasteiger partial charge in [0, 0.05) is 15.3 Å². The molecule has 1 aliphatic rings. The van der Waals surface area contributed by atoms with E-state index in [4.69, 9.17) is 0 Å². The van der Waals surface area contributed by atoms with Crippen LogP contribution < -0.4 is 5.32 Å². The van der Waals surface area contributed by atoms with Crippen LogP contribution >= 0.6 is 27.3 Å².